The van der Waals surface area contributed by atoms with E-state index in [-0.39, 0.29) is 5.91 Å². The van der Waals surface area contributed by atoms with E-state index in [4.69, 9.17) is 4.98 Å². The summed E-state index contributed by atoms with van der Waals surface area (Å²) >= 11 is 0. The molecule has 1 saturated heterocycles. The molecule has 2 aromatic rings. The minimum Gasteiger partial charge on any atom is -0.341 e. The van der Waals surface area contributed by atoms with Crippen LogP contribution in [-0.4, -0.2) is 48.9 Å². The molecule has 0 radical (unpaired) electrons. The van der Waals surface area contributed by atoms with Crippen molar-refractivity contribution in [2.75, 3.05) is 13.1 Å². The van der Waals surface area contributed by atoms with Crippen molar-refractivity contribution < 1.29 is 4.79 Å². The molecule has 2 aromatic heterocycles. The maximum absolute atomic E-state index is 12.9. The van der Waals surface area contributed by atoms with Crippen LogP contribution < -0.4 is 0 Å². The lowest BCUT2D eigenvalue weighted by atomic mass is 9.91. The van der Waals surface area contributed by atoms with E-state index >= 15 is 0 Å². The zero-order valence-corrected chi connectivity index (χ0v) is 15.5. The van der Waals surface area contributed by atoms with Gasteiger partial charge in [0.1, 0.15) is 5.82 Å². The highest BCUT2D eigenvalue weighted by molar-refractivity contribution is 5.79. The number of carbonyl (C=O) groups is 1. The van der Waals surface area contributed by atoms with E-state index in [9.17, 15) is 4.79 Å². The van der Waals surface area contributed by atoms with E-state index in [0.29, 0.717) is 24.2 Å². The molecule has 2 atom stereocenters. The quantitative estimate of drug-likeness (QED) is 0.890. The second-order valence-corrected chi connectivity index (χ2v) is 8.35. The Bertz CT molecular complexity index is 831. The van der Waals surface area contributed by atoms with Gasteiger partial charge in [-0.05, 0) is 44.4 Å². The van der Waals surface area contributed by atoms with Gasteiger partial charge in [-0.3, -0.25) is 14.6 Å². The van der Waals surface area contributed by atoms with Crippen molar-refractivity contribution >= 4 is 5.91 Å². The number of H-pyrrole nitrogens is 1. The molecule has 0 unspecified atom stereocenters. The van der Waals surface area contributed by atoms with Crippen molar-refractivity contribution in [3.8, 4) is 0 Å². The summed E-state index contributed by atoms with van der Waals surface area (Å²) in [4.78, 5) is 19.7. The lowest BCUT2D eigenvalue weighted by Gasteiger charge is -2.16. The fraction of sp³-hybridized carbons (Fsp3) is 0.684. The molecular weight excluding hydrogens is 328 g/mol. The van der Waals surface area contributed by atoms with Crippen molar-refractivity contribution in [2.24, 2.45) is 18.9 Å². The third kappa shape index (κ3) is 2.93. The third-order valence-corrected chi connectivity index (χ3v) is 6.22. The van der Waals surface area contributed by atoms with Gasteiger partial charge in [-0.25, -0.2) is 4.98 Å². The number of nitrogens with one attached hydrogen (secondary N) is 1. The maximum Gasteiger partial charge on any atom is 0.227 e. The molecular formula is C19H26N6O. The number of aromatic nitrogens is 5. The Morgan fingerprint density at radius 1 is 1.27 bits per heavy atom. The lowest BCUT2D eigenvalue weighted by molar-refractivity contribution is -0.129. The Balaban J connectivity index is 1.32. The Morgan fingerprint density at radius 3 is 2.73 bits per heavy atom. The van der Waals surface area contributed by atoms with E-state index in [1.807, 2.05) is 25.1 Å². The van der Waals surface area contributed by atoms with Gasteiger partial charge >= 0.3 is 0 Å². The van der Waals surface area contributed by atoms with Gasteiger partial charge in [-0.2, -0.15) is 10.2 Å². The molecule has 0 aromatic carbocycles. The molecule has 3 aliphatic rings. The highest BCUT2D eigenvalue weighted by Crippen LogP contribution is 2.47. The average molecular weight is 354 g/mol. The van der Waals surface area contributed by atoms with Crippen LogP contribution in [0.2, 0.25) is 0 Å². The first-order chi connectivity index (χ1) is 12.6. The van der Waals surface area contributed by atoms with Crippen LogP contribution >= 0.6 is 0 Å². The Labute approximate surface area is 153 Å². The summed E-state index contributed by atoms with van der Waals surface area (Å²) < 4.78 is 1.78. The summed E-state index contributed by atoms with van der Waals surface area (Å²) in [6.07, 6.45) is 7.39. The summed E-state index contributed by atoms with van der Waals surface area (Å²) in [6.45, 7) is 3.59. The van der Waals surface area contributed by atoms with Crippen LogP contribution in [0.15, 0.2) is 6.20 Å². The van der Waals surface area contributed by atoms with Crippen LogP contribution in [0, 0.1) is 18.8 Å². The molecule has 2 aliphatic carbocycles. The van der Waals surface area contributed by atoms with Crippen LogP contribution in [0.4, 0.5) is 0 Å². The Kier molecular flexibility index (Phi) is 3.65. The summed E-state index contributed by atoms with van der Waals surface area (Å²) in [5.41, 5.74) is 1.97. The van der Waals surface area contributed by atoms with Crippen LogP contribution in [0.25, 0.3) is 0 Å². The smallest absolute Gasteiger partial charge is 0.227 e. The summed E-state index contributed by atoms with van der Waals surface area (Å²) in [7, 11) is 1.90. The third-order valence-electron chi connectivity index (χ3n) is 6.22. The molecule has 7 nitrogen and oxygen atoms in total. The molecule has 2 saturated carbocycles. The zero-order valence-electron chi connectivity index (χ0n) is 15.5. The van der Waals surface area contributed by atoms with Crippen LogP contribution in [0.3, 0.4) is 0 Å². The van der Waals surface area contributed by atoms with Gasteiger partial charge in [-0.1, -0.05) is 0 Å². The van der Waals surface area contributed by atoms with Gasteiger partial charge in [0.2, 0.25) is 5.91 Å². The number of amides is 1. The number of aryl methyl sites for hydroxylation is 2. The summed E-state index contributed by atoms with van der Waals surface area (Å²) in [6, 6.07) is 0. The molecule has 0 spiro atoms. The van der Waals surface area contributed by atoms with Gasteiger partial charge in [0, 0.05) is 43.7 Å². The van der Waals surface area contributed by atoms with E-state index in [2.05, 4.69) is 15.3 Å². The number of rotatable bonds is 5. The van der Waals surface area contributed by atoms with Gasteiger partial charge in [0.05, 0.1) is 12.1 Å². The Morgan fingerprint density at radius 2 is 2.08 bits per heavy atom. The highest BCUT2D eigenvalue weighted by atomic mass is 16.2. The van der Waals surface area contributed by atoms with Gasteiger partial charge in [0.15, 0.2) is 5.82 Å². The van der Waals surface area contributed by atoms with E-state index in [1.165, 1.54) is 25.7 Å². The van der Waals surface area contributed by atoms with Gasteiger partial charge < -0.3 is 4.90 Å². The molecule has 3 fully saturated rings. The number of hydrogen-bond acceptors (Lipinski definition) is 4. The molecule has 1 amide bonds. The topological polar surface area (TPSA) is 79.7 Å². The van der Waals surface area contributed by atoms with E-state index in [0.717, 1.165) is 41.9 Å². The van der Waals surface area contributed by atoms with Crippen molar-refractivity contribution in [1.29, 1.82) is 0 Å². The normalized spacial score (nSPS) is 25.8. The summed E-state index contributed by atoms with van der Waals surface area (Å²) in [5.74, 6) is 4.31. The average Bonchev–Trinajstić information content (AvgIpc) is 3.52. The molecule has 7 heteroatoms. The molecule has 0 bridgehead atoms. The molecule has 138 valence electrons. The first kappa shape index (κ1) is 16.0. The first-order valence-corrected chi connectivity index (χ1v) is 9.77. The largest absolute Gasteiger partial charge is 0.341 e. The Hall–Kier alpha value is -2.18. The minimum absolute atomic E-state index is 0.205. The summed E-state index contributed by atoms with van der Waals surface area (Å²) in [5, 5.41) is 12.0. The van der Waals surface area contributed by atoms with Crippen molar-refractivity contribution in [3.05, 3.63) is 29.1 Å². The van der Waals surface area contributed by atoms with Crippen molar-refractivity contribution in [2.45, 2.75) is 50.9 Å². The predicted octanol–water partition coefficient (Wildman–Crippen LogP) is 1.92. The second-order valence-electron chi connectivity index (χ2n) is 8.35. The van der Waals surface area contributed by atoms with E-state index < -0.39 is 0 Å². The fourth-order valence-corrected chi connectivity index (χ4v) is 4.40. The maximum atomic E-state index is 12.9. The highest BCUT2D eigenvalue weighted by Gasteiger charge is 2.46. The van der Waals surface area contributed by atoms with Crippen molar-refractivity contribution in [3.63, 3.8) is 0 Å². The van der Waals surface area contributed by atoms with Crippen LogP contribution in [0.5, 0.6) is 0 Å². The van der Waals surface area contributed by atoms with Crippen LogP contribution in [-0.2, 0) is 18.3 Å². The predicted molar refractivity (Wildman–Crippen MR) is 95.5 cm³/mol. The minimum atomic E-state index is 0.205. The zero-order chi connectivity index (χ0) is 17.8. The van der Waals surface area contributed by atoms with Crippen molar-refractivity contribution in [1.82, 2.24) is 29.9 Å². The van der Waals surface area contributed by atoms with E-state index in [1.54, 1.807) is 4.68 Å². The number of likely N-dealkylation sites (tertiary alicyclic amines) is 1. The molecule has 1 aliphatic heterocycles. The lowest BCUT2D eigenvalue weighted by Crippen LogP contribution is -2.30. The molecule has 1 N–H and O–H groups in total. The molecule has 3 heterocycles. The number of nitrogens with zero attached hydrogens (tertiary/aromatic N) is 5. The number of carbonyl (C=O) groups excluding carboxylic acids is 1. The first-order valence-electron chi connectivity index (χ1n) is 9.77. The second kappa shape index (κ2) is 5.93. The number of aromatic amines is 1. The van der Waals surface area contributed by atoms with Gasteiger partial charge in [-0.15, -0.1) is 0 Å². The van der Waals surface area contributed by atoms with Crippen LogP contribution in [0.1, 0.15) is 60.4 Å². The molecule has 5 rings (SSSR count). The number of hydrogen-bond donors (Lipinski definition) is 1. The SMILES string of the molecule is Cc1nn(C)cc1CC(=O)N1C[C@H](c2nc(C3CC3)n[nH]2)[C@@H](C2CC2)C1. The monoisotopic (exact) mass is 354 g/mol. The standard InChI is InChI=1S/C19H26N6O/c1-11-14(8-24(2)23-11)7-17(26)25-9-15(12-3-4-12)16(10-25)19-20-18(21-22-19)13-5-6-13/h8,12-13,15-16H,3-7,9-10H2,1-2H3,(H,20,21,22)/t15-,16+/m1/s1. The fourth-order valence-electron chi connectivity index (χ4n) is 4.40. The molecule has 26 heavy (non-hydrogen) atoms. The van der Waals surface area contributed by atoms with Gasteiger partial charge in [0.25, 0.3) is 0 Å².